The largest absolute Gasteiger partial charge is 0.480 e. The van der Waals surface area contributed by atoms with E-state index in [1.807, 2.05) is 0 Å². The second-order valence-corrected chi connectivity index (χ2v) is 3.78. The van der Waals surface area contributed by atoms with Gasteiger partial charge in [0.05, 0.1) is 17.9 Å². The minimum Gasteiger partial charge on any atom is -0.480 e. The van der Waals surface area contributed by atoms with Crippen molar-refractivity contribution in [1.29, 1.82) is 0 Å². The van der Waals surface area contributed by atoms with Crippen molar-refractivity contribution in [2.75, 3.05) is 18.4 Å². The Labute approximate surface area is 109 Å². The molecule has 1 heterocycles. The van der Waals surface area contributed by atoms with Gasteiger partial charge in [0.1, 0.15) is 6.54 Å². The highest BCUT2D eigenvalue weighted by atomic mass is 16.4. The number of aryl methyl sites for hydroxylation is 2. The minimum absolute atomic E-state index is 0.307. The summed E-state index contributed by atoms with van der Waals surface area (Å²) in [5, 5.41) is 19.3. The number of amides is 3. The second kappa shape index (κ2) is 6.38. The van der Waals surface area contributed by atoms with Gasteiger partial charge in [-0.2, -0.15) is 5.10 Å². The van der Waals surface area contributed by atoms with Crippen molar-refractivity contribution in [3.05, 3.63) is 11.9 Å². The van der Waals surface area contributed by atoms with Crippen LogP contribution in [0.1, 0.15) is 5.69 Å². The summed E-state index contributed by atoms with van der Waals surface area (Å²) in [7, 11) is 1.72. The number of carboxylic acids is 1. The summed E-state index contributed by atoms with van der Waals surface area (Å²) in [6, 6.07) is -0.568. The summed E-state index contributed by atoms with van der Waals surface area (Å²) in [4.78, 5) is 32.8. The molecule has 104 valence electrons. The molecule has 0 radical (unpaired) electrons. The Balaban J connectivity index is 2.34. The molecule has 3 amide bonds. The number of carbonyl (C=O) groups excluding carboxylic acids is 2. The van der Waals surface area contributed by atoms with Gasteiger partial charge >= 0.3 is 12.0 Å². The standard InChI is InChI=1S/C10H15N5O4/c1-6-7(5-15(2)14-6)13-10(19)12-3-8(16)11-4-9(17)18/h5H,3-4H2,1-2H3,(H,11,16)(H,17,18)(H2,12,13,19). The Hall–Kier alpha value is -2.58. The lowest BCUT2D eigenvalue weighted by Gasteiger charge is -2.06. The third kappa shape index (κ3) is 5.06. The van der Waals surface area contributed by atoms with E-state index in [-0.39, 0.29) is 6.54 Å². The molecule has 0 saturated heterocycles. The van der Waals surface area contributed by atoms with E-state index in [1.165, 1.54) is 0 Å². The molecule has 0 unspecified atom stereocenters. The predicted molar refractivity (Wildman–Crippen MR) is 65.6 cm³/mol. The minimum atomic E-state index is -1.15. The van der Waals surface area contributed by atoms with E-state index >= 15 is 0 Å². The summed E-state index contributed by atoms with van der Waals surface area (Å²) in [5.74, 6) is -1.73. The van der Waals surface area contributed by atoms with Crippen molar-refractivity contribution in [2.24, 2.45) is 7.05 Å². The number of nitrogens with zero attached hydrogens (tertiary/aromatic N) is 2. The van der Waals surface area contributed by atoms with Crippen molar-refractivity contribution >= 4 is 23.6 Å². The first kappa shape index (κ1) is 14.5. The van der Waals surface area contributed by atoms with Crippen molar-refractivity contribution in [3.63, 3.8) is 0 Å². The molecule has 0 spiro atoms. The van der Waals surface area contributed by atoms with Gasteiger partial charge in [0.25, 0.3) is 0 Å². The smallest absolute Gasteiger partial charge is 0.322 e. The second-order valence-electron chi connectivity index (χ2n) is 3.78. The van der Waals surface area contributed by atoms with Crippen LogP contribution in [-0.2, 0) is 16.6 Å². The fraction of sp³-hybridized carbons (Fsp3) is 0.400. The number of aliphatic carboxylic acids is 1. The van der Waals surface area contributed by atoms with E-state index in [4.69, 9.17) is 5.11 Å². The maximum atomic E-state index is 11.5. The molecular weight excluding hydrogens is 254 g/mol. The highest BCUT2D eigenvalue weighted by molar-refractivity contribution is 5.93. The molecule has 9 heteroatoms. The maximum Gasteiger partial charge on any atom is 0.322 e. The van der Waals surface area contributed by atoms with E-state index in [0.717, 1.165) is 0 Å². The highest BCUT2D eigenvalue weighted by Crippen LogP contribution is 2.10. The van der Waals surface area contributed by atoms with Crippen LogP contribution in [0.2, 0.25) is 0 Å². The fourth-order valence-corrected chi connectivity index (χ4v) is 1.29. The summed E-state index contributed by atoms with van der Waals surface area (Å²) < 4.78 is 1.55. The summed E-state index contributed by atoms with van der Waals surface area (Å²) in [5.41, 5.74) is 1.18. The molecule has 1 aromatic heterocycles. The number of aromatic nitrogens is 2. The summed E-state index contributed by atoms with van der Waals surface area (Å²) >= 11 is 0. The van der Waals surface area contributed by atoms with Crippen LogP contribution < -0.4 is 16.0 Å². The van der Waals surface area contributed by atoms with E-state index in [2.05, 4.69) is 21.0 Å². The number of urea groups is 1. The van der Waals surface area contributed by atoms with Crippen LogP contribution in [0.3, 0.4) is 0 Å². The van der Waals surface area contributed by atoms with Gasteiger partial charge in [-0.3, -0.25) is 14.3 Å². The molecule has 1 rings (SSSR count). The Bertz CT molecular complexity index is 496. The molecule has 9 nitrogen and oxygen atoms in total. The van der Waals surface area contributed by atoms with Crippen LogP contribution in [0.4, 0.5) is 10.5 Å². The van der Waals surface area contributed by atoms with Gasteiger partial charge in [-0.15, -0.1) is 0 Å². The van der Waals surface area contributed by atoms with Gasteiger partial charge in [0.15, 0.2) is 0 Å². The molecule has 0 fully saturated rings. The maximum absolute atomic E-state index is 11.5. The molecular formula is C10H15N5O4. The molecule has 0 aromatic carbocycles. The molecule has 0 bridgehead atoms. The normalized spacial score (nSPS) is 9.79. The lowest BCUT2D eigenvalue weighted by atomic mass is 10.4. The van der Waals surface area contributed by atoms with E-state index < -0.39 is 24.5 Å². The lowest BCUT2D eigenvalue weighted by molar-refractivity contribution is -0.137. The number of nitrogens with one attached hydrogen (secondary N) is 3. The van der Waals surface area contributed by atoms with Crippen molar-refractivity contribution in [1.82, 2.24) is 20.4 Å². The van der Waals surface area contributed by atoms with E-state index in [0.29, 0.717) is 11.4 Å². The first-order valence-electron chi connectivity index (χ1n) is 5.42. The molecule has 1 aromatic rings. The number of carbonyl (C=O) groups is 3. The molecule has 0 saturated carbocycles. The zero-order chi connectivity index (χ0) is 14.4. The molecule has 0 aliphatic carbocycles. The number of hydrogen-bond donors (Lipinski definition) is 4. The van der Waals surface area contributed by atoms with Crippen LogP contribution in [0.25, 0.3) is 0 Å². The van der Waals surface area contributed by atoms with Crippen LogP contribution in [-0.4, -0.2) is 45.9 Å². The zero-order valence-corrected chi connectivity index (χ0v) is 10.6. The topological polar surface area (TPSA) is 125 Å². The van der Waals surface area contributed by atoms with Crippen LogP contribution >= 0.6 is 0 Å². The third-order valence-corrected chi connectivity index (χ3v) is 2.11. The first-order valence-corrected chi connectivity index (χ1v) is 5.42. The van der Waals surface area contributed by atoms with Gasteiger partial charge in [0.2, 0.25) is 5.91 Å². The van der Waals surface area contributed by atoms with Crippen molar-refractivity contribution in [3.8, 4) is 0 Å². The van der Waals surface area contributed by atoms with Gasteiger partial charge in [0, 0.05) is 13.2 Å². The van der Waals surface area contributed by atoms with Crippen LogP contribution in [0.5, 0.6) is 0 Å². The van der Waals surface area contributed by atoms with Crippen LogP contribution in [0, 0.1) is 6.92 Å². The Morgan fingerprint density at radius 2 is 2.00 bits per heavy atom. The predicted octanol–water partition coefficient (Wildman–Crippen LogP) is -0.949. The highest BCUT2D eigenvalue weighted by Gasteiger charge is 2.09. The summed E-state index contributed by atoms with van der Waals surface area (Å²) in [6.45, 7) is 0.942. The Morgan fingerprint density at radius 1 is 1.32 bits per heavy atom. The van der Waals surface area contributed by atoms with E-state index in [1.54, 1.807) is 24.9 Å². The SMILES string of the molecule is Cc1nn(C)cc1NC(=O)NCC(=O)NCC(=O)O. The fourth-order valence-electron chi connectivity index (χ4n) is 1.29. The molecule has 0 aliphatic rings. The van der Waals surface area contributed by atoms with Gasteiger partial charge < -0.3 is 21.1 Å². The van der Waals surface area contributed by atoms with Crippen molar-refractivity contribution < 1.29 is 19.5 Å². The van der Waals surface area contributed by atoms with Gasteiger partial charge in [-0.05, 0) is 6.92 Å². The zero-order valence-electron chi connectivity index (χ0n) is 10.6. The average molecular weight is 269 g/mol. The van der Waals surface area contributed by atoms with Crippen molar-refractivity contribution in [2.45, 2.75) is 6.92 Å². The monoisotopic (exact) mass is 269 g/mol. The summed E-state index contributed by atoms with van der Waals surface area (Å²) in [6.07, 6.45) is 1.62. The van der Waals surface area contributed by atoms with Gasteiger partial charge in [-0.1, -0.05) is 0 Å². The number of hydrogen-bond acceptors (Lipinski definition) is 4. The molecule has 0 aliphatic heterocycles. The van der Waals surface area contributed by atoms with Gasteiger partial charge in [-0.25, -0.2) is 4.79 Å². The third-order valence-electron chi connectivity index (χ3n) is 2.11. The van der Waals surface area contributed by atoms with Crippen LogP contribution in [0.15, 0.2) is 6.20 Å². The molecule has 0 atom stereocenters. The first-order chi connectivity index (χ1) is 8.88. The molecule has 19 heavy (non-hydrogen) atoms. The molecule has 4 N–H and O–H groups in total. The number of rotatable bonds is 5. The Morgan fingerprint density at radius 3 is 2.53 bits per heavy atom. The quantitative estimate of drug-likeness (QED) is 0.548. The number of anilines is 1. The average Bonchev–Trinajstić information content (AvgIpc) is 2.62. The Kier molecular flexibility index (Phi) is 4.86. The number of carboxylic acid groups (broad SMARTS) is 1. The van der Waals surface area contributed by atoms with E-state index in [9.17, 15) is 14.4 Å². The lowest BCUT2D eigenvalue weighted by Crippen LogP contribution is -2.40.